The maximum atomic E-state index is 12.1. The van der Waals surface area contributed by atoms with Crippen molar-refractivity contribution in [3.63, 3.8) is 0 Å². The predicted molar refractivity (Wildman–Crippen MR) is 69.0 cm³/mol. The molecule has 6 nitrogen and oxygen atoms in total. The summed E-state index contributed by atoms with van der Waals surface area (Å²) in [7, 11) is 1.54. The second-order valence-electron chi connectivity index (χ2n) is 4.33. The Hall–Kier alpha value is -2.08. The first kappa shape index (κ1) is 13.4. The fraction of sp³-hybridized carbons (Fsp3) is 0.385. The summed E-state index contributed by atoms with van der Waals surface area (Å²) < 4.78 is 10.4. The Morgan fingerprint density at radius 1 is 1.47 bits per heavy atom. The molecule has 0 spiro atoms. The van der Waals surface area contributed by atoms with Crippen LogP contribution in [0.3, 0.4) is 0 Å². The normalized spacial score (nSPS) is 21.1. The van der Waals surface area contributed by atoms with Crippen LogP contribution in [-0.4, -0.2) is 37.7 Å². The number of nitrogens with one attached hydrogen (secondary N) is 2. The van der Waals surface area contributed by atoms with Crippen molar-refractivity contribution in [2.45, 2.75) is 12.5 Å². The Morgan fingerprint density at radius 2 is 2.21 bits per heavy atom. The van der Waals surface area contributed by atoms with Crippen LogP contribution in [0.1, 0.15) is 6.92 Å². The number of rotatable bonds is 4. The third-order valence-corrected chi connectivity index (χ3v) is 2.91. The van der Waals surface area contributed by atoms with Gasteiger partial charge in [0.15, 0.2) is 0 Å². The lowest BCUT2D eigenvalue weighted by atomic mass is 10.0. The first-order chi connectivity index (χ1) is 9.08. The smallest absolute Gasteiger partial charge is 0.278 e. The number of hydrogen-bond donors (Lipinski definition) is 2. The number of carbonyl (C=O) groups excluding carboxylic acids is 2. The standard InChI is InChI=1S/C13H16N2O4/c1-13(11(16)14-7-8-18-2)12(17)15-9-5-3-4-6-10(9)19-13/h3-6H,7-8H2,1-2H3,(H,14,16)(H,15,17). The number of anilines is 1. The molecular formula is C13H16N2O4. The van der Waals surface area contributed by atoms with Crippen LogP contribution in [0.15, 0.2) is 24.3 Å². The van der Waals surface area contributed by atoms with Gasteiger partial charge in [-0.3, -0.25) is 9.59 Å². The molecule has 19 heavy (non-hydrogen) atoms. The van der Waals surface area contributed by atoms with Crippen molar-refractivity contribution in [1.29, 1.82) is 0 Å². The Balaban J connectivity index is 2.15. The first-order valence-corrected chi connectivity index (χ1v) is 5.94. The average molecular weight is 264 g/mol. The second kappa shape index (κ2) is 5.27. The Bertz CT molecular complexity index is 503. The zero-order valence-electron chi connectivity index (χ0n) is 10.9. The van der Waals surface area contributed by atoms with Gasteiger partial charge in [-0.15, -0.1) is 0 Å². The van der Waals surface area contributed by atoms with Crippen molar-refractivity contribution < 1.29 is 19.1 Å². The molecule has 102 valence electrons. The van der Waals surface area contributed by atoms with Gasteiger partial charge in [0.25, 0.3) is 17.4 Å². The lowest BCUT2D eigenvalue weighted by Gasteiger charge is -2.33. The van der Waals surface area contributed by atoms with Gasteiger partial charge >= 0.3 is 0 Å². The number of amides is 2. The van der Waals surface area contributed by atoms with Crippen LogP contribution in [-0.2, 0) is 14.3 Å². The van der Waals surface area contributed by atoms with E-state index in [1.165, 1.54) is 14.0 Å². The lowest BCUT2D eigenvalue weighted by molar-refractivity contribution is -0.146. The highest BCUT2D eigenvalue weighted by Gasteiger charge is 2.46. The number of hydrogen-bond acceptors (Lipinski definition) is 4. The molecule has 1 aromatic rings. The van der Waals surface area contributed by atoms with Crippen molar-refractivity contribution in [3.05, 3.63) is 24.3 Å². The van der Waals surface area contributed by atoms with E-state index in [0.717, 1.165) is 0 Å². The molecule has 0 bridgehead atoms. The topological polar surface area (TPSA) is 76.7 Å². The van der Waals surface area contributed by atoms with Gasteiger partial charge < -0.3 is 20.1 Å². The lowest BCUT2D eigenvalue weighted by Crippen LogP contribution is -2.59. The molecule has 1 atom stereocenters. The fourth-order valence-corrected chi connectivity index (χ4v) is 1.75. The van der Waals surface area contributed by atoms with Gasteiger partial charge in [-0.2, -0.15) is 0 Å². The van der Waals surface area contributed by atoms with E-state index in [1.807, 2.05) is 0 Å². The molecule has 0 aliphatic carbocycles. The first-order valence-electron chi connectivity index (χ1n) is 5.94. The molecular weight excluding hydrogens is 248 g/mol. The molecule has 2 N–H and O–H groups in total. The van der Waals surface area contributed by atoms with Gasteiger partial charge in [0.1, 0.15) is 5.75 Å². The molecule has 1 aromatic carbocycles. The van der Waals surface area contributed by atoms with E-state index in [4.69, 9.17) is 9.47 Å². The Labute approximate surface area is 111 Å². The summed E-state index contributed by atoms with van der Waals surface area (Å²) in [6.07, 6.45) is 0. The number of ether oxygens (including phenoxy) is 2. The van der Waals surface area contributed by atoms with Crippen LogP contribution in [0.4, 0.5) is 5.69 Å². The van der Waals surface area contributed by atoms with Crippen molar-refractivity contribution in [2.24, 2.45) is 0 Å². The van der Waals surface area contributed by atoms with Crippen molar-refractivity contribution in [3.8, 4) is 5.75 Å². The molecule has 2 rings (SSSR count). The molecule has 1 unspecified atom stereocenters. The highest BCUT2D eigenvalue weighted by molar-refractivity contribution is 6.15. The van der Waals surface area contributed by atoms with Crippen LogP contribution in [0, 0.1) is 0 Å². The Kier molecular flexibility index (Phi) is 3.71. The van der Waals surface area contributed by atoms with E-state index in [9.17, 15) is 9.59 Å². The molecule has 0 saturated heterocycles. The van der Waals surface area contributed by atoms with E-state index >= 15 is 0 Å². The van der Waals surface area contributed by atoms with Crippen molar-refractivity contribution in [1.82, 2.24) is 5.32 Å². The summed E-state index contributed by atoms with van der Waals surface area (Å²) >= 11 is 0. The molecule has 0 radical (unpaired) electrons. The third-order valence-electron chi connectivity index (χ3n) is 2.91. The van der Waals surface area contributed by atoms with Crippen LogP contribution in [0.5, 0.6) is 5.75 Å². The molecule has 2 amide bonds. The number of para-hydroxylation sites is 2. The minimum atomic E-state index is -1.57. The Morgan fingerprint density at radius 3 is 2.95 bits per heavy atom. The van der Waals surface area contributed by atoms with E-state index in [2.05, 4.69) is 10.6 Å². The van der Waals surface area contributed by atoms with E-state index in [0.29, 0.717) is 24.6 Å². The fourth-order valence-electron chi connectivity index (χ4n) is 1.75. The highest BCUT2D eigenvalue weighted by Crippen LogP contribution is 2.33. The van der Waals surface area contributed by atoms with E-state index in [1.54, 1.807) is 24.3 Å². The summed E-state index contributed by atoms with van der Waals surface area (Å²) in [4.78, 5) is 24.1. The summed E-state index contributed by atoms with van der Waals surface area (Å²) in [6.45, 7) is 2.14. The maximum absolute atomic E-state index is 12.1. The molecule has 1 heterocycles. The van der Waals surface area contributed by atoms with E-state index < -0.39 is 17.4 Å². The minimum absolute atomic E-state index is 0.323. The third kappa shape index (κ3) is 2.53. The van der Waals surface area contributed by atoms with Gasteiger partial charge in [0, 0.05) is 13.7 Å². The van der Waals surface area contributed by atoms with Crippen LogP contribution in [0.25, 0.3) is 0 Å². The van der Waals surface area contributed by atoms with E-state index in [-0.39, 0.29) is 0 Å². The molecule has 1 aliphatic rings. The average Bonchev–Trinajstić information content (AvgIpc) is 2.40. The molecule has 0 aromatic heterocycles. The van der Waals surface area contributed by atoms with Gasteiger partial charge in [-0.25, -0.2) is 0 Å². The molecule has 1 aliphatic heterocycles. The number of carbonyl (C=O) groups is 2. The van der Waals surface area contributed by atoms with Crippen molar-refractivity contribution >= 4 is 17.5 Å². The van der Waals surface area contributed by atoms with Crippen LogP contribution >= 0.6 is 0 Å². The molecule has 0 fully saturated rings. The van der Waals surface area contributed by atoms with Gasteiger partial charge in [-0.05, 0) is 19.1 Å². The summed E-state index contributed by atoms with van der Waals surface area (Å²) in [6, 6.07) is 6.98. The minimum Gasteiger partial charge on any atom is -0.466 e. The van der Waals surface area contributed by atoms with Crippen LogP contribution in [0.2, 0.25) is 0 Å². The predicted octanol–water partition coefficient (Wildman–Crippen LogP) is 0.539. The largest absolute Gasteiger partial charge is 0.466 e. The second-order valence-corrected chi connectivity index (χ2v) is 4.33. The maximum Gasteiger partial charge on any atom is 0.278 e. The molecule has 0 saturated carbocycles. The number of methoxy groups -OCH3 is 1. The van der Waals surface area contributed by atoms with Crippen molar-refractivity contribution in [2.75, 3.05) is 25.6 Å². The molecule has 6 heteroatoms. The quantitative estimate of drug-likeness (QED) is 0.614. The highest BCUT2D eigenvalue weighted by atomic mass is 16.5. The van der Waals surface area contributed by atoms with Crippen LogP contribution < -0.4 is 15.4 Å². The zero-order chi connectivity index (χ0) is 13.9. The zero-order valence-corrected chi connectivity index (χ0v) is 10.9. The SMILES string of the molecule is COCCNC(=O)C1(C)Oc2ccccc2NC1=O. The number of fused-ring (bicyclic) bond motifs is 1. The number of benzene rings is 1. The summed E-state index contributed by atoms with van der Waals surface area (Å²) in [5.41, 5.74) is -1.00. The van der Waals surface area contributed by atoms with Gasteiger partial charge in [-0.1, -0.05) is 12.1 Å². The van der Waals surface area contributed by atoms with Gasteiger partial charge in [0.2, 0.25) is 0 Å². The summed E-state index contributed by atoms with van der Waals surface area (Å²) in [5.74, 6) is -0.496. The summed E-state index contributed by atoms with van der Waals surface area (Å²) in [5, 5.41) is 5.27. The van der Waals surface area contributed by atoms with Gasteiger partial charge in [0.05, 0.1) is 12.3 Å². The monoisotopic (exact) mass is 264 g/mol.